The summed E-state index contributed by atoms with van der Waals surface area (Å²) in [5, 5.41) is 23.8. The molecule has 0 aliphatic carbocycles. The largest absolute Gasteiger partial charge is 0.481 e. The van der Waals surface area contributed by atoms with Gasteiger partial charge in [0.25, 0.3) is 0 Å². The van der Waals surface area contributed by atoms with Gasteiger partial charge in [0.05, 0.1) is 0 Å². The van der Waals surface area contributed by atoms with Gasteiger partial charge in [-0.2, -0.15) is 0 Å². The highest BCUT2D eigenvalue weighted by Gasteiger charge is 2.17. The molecule has 14 heteroatoms. The fourth-order valence-corrected chi connectivity index (χ4v) is 11.8. The Morgan fingerprint density at radius 3 is 0.795 bits per heavy atom. The molecule has 0 saturated heterocycles. The molecule has 2 amide bonds. The van der Waals surface area contributed by atoms with Crippen molar-refractivity contribution >= 4 is 35.7 Å². The number of carbonyl (C=O) groups excluding carboxylic acids is 4. The van der Waals surface area contributed by atoms with Gasteiger partial charge in [-0.05, 0) is 129 Å². The standard InChI is InChI=1S/C74H140N4O10/c1-5-9-13-17-25-37-49-67(50-38-26-18-14-10-6-2)87-73(85)55-43-31-23-35-47-63-78(64-48-36-24-32-44-56-74(86)88-68(51-39-27-19-15-11-7-3)52-40-28-20-16-12-8-4)66-60-76-70(80)58-57-69(79)75-59-65-77(61-45-33-21-29-41-53-71(81)82)62-46-34-22-30-42-54-72(83)84/h57-58,67-68H,5-56,59-66H2,1-4H3,(H,75,79)(H,76,80)(H,81,82)(H,83,84)/b58-57+. The van der Waals surface area contributed by atoms with Gasteiger partial charge in [0.1, 0.15) is 12.2 Å². The molecule has 0 aromatic rings. The predicted molar refractivity (Wildman–Crippen MR) is 366 cm³/mol. The van der Waals surface area contributed by atoms with Crippen LogP contribution in [0.4, 0.5) is 0 Å². The summed E-state index contributed by atoms with van der Waals surface area (Å²) in [6, 6.07) is 0. The third kappa shape index (κ3) is 62.7. The van der Waals surface area contributed by atoms with Crippen LogP contribution < -0.4 is 10.6 Å². The highest BCUT2D eigenvalue weighted by atomic mass is 16.5. The number of hydrogen-bond donors (Lipinski definition) is 4. The molecule has 516 valence electrons. The molecule has 0 aliphatic rings. The minimum Gasteiger partial charge on any atom is -0.481 e. The third-order valence-corrected chi connectivity index (χ3v) is 17.4. The van der Waals surface area contributed by atoms with Crippen LogP contribution in [0.2, 0.25) is 0 Å². The molecule has 14 nitrogen and oxygen atoms in total. The molecule has 0 fully saturated rings. The van der Waals surface area contributed by atoms with Crippen LogP contribution in [0, 0.1) is 0 Å². The highest BCUT2D eigenvalue weighted by molar-refractivity contribution is 5.96. The van der Waals surface area contributed by atoms with E-state index in [1.165, 1.54) is 141 Å². The van der Waals surface area contributed by atoms with E-state index in [1.807, 2.05) is 0 Å². The summed E-state index contributed by atoms with van der Waals surface area (Å²) in [5.74, 6) is -2.17. The van der Waals surface area contributed by atoms with E-state index < -0.39 is 11.9 Å². The van der Waals surface area contributed by atoms with Crippen molar-refractivity contribution < 1.29 is 48.5 Å². The number of unbranched alkanes of at least 4 members (excludes halogenated alkanes) is 36. The van der Waals surface area contributed by atoms with Crippen molar-refractivity contribution in [3.8, 4) is 0 Å². The van der Waals surface area contributed by atoms with Crippen LogP contribution in [0.25, 0.3) is 0 Å². The summed E-state index contributed by atoms with van der Waals surface area (Å²) < 4.78 is 12.2. The minimum absolute atomic E-state index is 0.0301. The SMILES string of the molecule is CCCCCCCCC(CCCCCCCC)OC(=O)CCCCCCCN(CCCCCCCC(=O)OC(CCCCCCCC)CCCCCCCC)CCNC(=O)/C=C/C(=O)NCCN(CCCCCCCC(=O)O)CCCCCCCC(=O)O. The second-order valence-electron chi connectivity index (χ2n) is 25.9. The molecule has 4 N–H and O–H groups in total. The second kappa shape index (κ2) is 66.4. The van der Waals surface area contributed by atoms with Gasteiger partial charge in [-0.3, -0.25) is 28.8 Å². The number of esters is 2. The predicted octanol–water partition coefficient (Wildman–Crippen LogP) is 18.7. The molecule has 0 heterocycles. The topological polar surface area (TPSA) is 192 Å². The first-order chi connectivity index (χ1) is 42.9. The second-order valence-corrected chi connectivity index (χ2v) is 25.9. The Morgan fingerprint density at radius 1 is 0.307 bits per heavy atom. The van der Waals surface area contributed by atoms with Crippen molar-refractivity contribution in [3.63, 3.8) is 0 Å². The number of aliphatic carboxylic acids is 2. The lowest BCUT2D eigenvalue weighted by Crippen LogP contribution is -2.36. The van der Waals surface area contributed by atoms with Gasteiger partial charge in [-0.15, -0.1) is 0 Å². The van der Waals surface area contributed by atoms with Gasteiger partial charge in [-0.1, -0.05) is 233 Å². The van der Waals surface area contributed by atoms with E-state index in [0.29, 0.717) is 51.9 Å². The molecule has 0 spiro atoms. The lowest BCUT2D eigenvalue weighted by atomic mass is 10.0. The number of ether oxygens (including phenoxy) is 2. The summed E-state index contributed by atoms with van der Waals surface area (Å²) in [7, 11) is 0. The van der Waals surface area contributed by atoms with Crippen LogP contribution in [0.5, 0.6) is 0 Å². The molecule has 0 saturated carbocycles. The number of hydrogen-bond acceptors (Lipinski definition) is 10. The Bertz CT molecular complexity index is 1520. The van der Waals surface area contributed by atoms with Crippen LogP contribution in [-0.4, -0.2) is 120 Å². The Hall–Kier alpha value is -3.52. The van der Waals surface area contributed by atoms with Gasteiger partial charge in [-0.25, -0.2) is 0 Å². The van der Waals surface area contributed by atoms with Crippen LogP contribution >= 0.6 is 0 Å². The molecule has 0 rings (SSSR count). The number of carboxylic acid groups (broad SMARTS) is 2. The van der Waals surface area contributed by atoms with Gasteiger partial charge in [0.15, 0.2) is 0 Å². The van der Waals surface area contributed by atoms with Crippen molar-refractivity contribution in [1.82, 2.24) is 20.4 Å². The summed E-state index contributed by atoms with van der Waals surface area (Å²) in [4.78, 5) is 78.5. The highest BCUT2D eigenvalue weighted by Crippen LogP contribution is 2.21. The minimum atomic E-state index is -0.752. The van der Waals surface area contributed by atoms with Gasteiger partial charge in [0, 0.05) is 64.0 Å². The van der Waals surface area contributed by atoms with E-state index in [1.54, 1.807) is 0 Å². The fourth-order valence-electron chi connectivity index (χ4n) is 11.8. The molecular weight excluding hydrogens is 1100 g/mol. The van der Waals surface area contributed by atoms with E-state index in [9.17, 15) is 28.8 Å². The smallest absolute Gasteiger partial charge is 0.306 e. The zero-order chi connectivity index (χ0) is 64.4. The van der Waals surface area contributed by atoms with E-state index >= 15 is 0 Å². The van der Waals surface area contributed by atoms with Gasteiger partial charge >= 0.3 is 23.9 Å². The maximum atomic E-state index is 13.1. The van der Waals surface area contributed by atoms with E-state index in [0.717, 1.165) is 193 Å². The van der Waals surface area contributed by atoms with Crippen LogP contribution in [0.3, 0.4) is 0 Å². The molecule has 0 aromatic carbocycles. The van der Waals surface area contributed by atoms with E-state index in [4.69, 9.17) is 19.7 Å². The monoisotopic (exact) mass is 1250 g/mol. The molecule has 0 unspecified atom stereocenters. The van der Waals surface area contributed by atoms with Crippen LogP contribution in [0.15, 0.2) is 12.2 Å². The molecule has 0 bridgehead atoms. The summed E-state index contributed by atoms with van der Waals surface area (Å²) in [6.07, 6.45) is 57.4. The van der Waals surface area contributed by atoms with Crippen molar-refractivity contribution in [2.75, 3.05) is 52.4 Å². The van der Waals surface area contributed by atoms with E-state index in [-0.39, 0.29) is 48.8 Å². The maximum Gasteiger partial charge on any atom is 0.306 e. The van der Waals surface area contributed by atoms with Crippen molar-refractivity contribution in [2.24, 2.45) is 0 Å². The lowest BCUT2D eigenvalue weighted by Gasteiger charge is -2.22. The van der Waals surface area contributed by atoms with Crippen LogP contribution in [-0.2, 0) is 38.2 Å². The van der Waals surface area contributed by atoms with Gasteiger partial charge in [0.2, 0.25) is 11.8 Å². The molecule has 0 radical (unpaired) electrons. The average Bonchev–Trinajstić information content (AvgIpc) is 3.50. The third-order valence-electron chi connectivity index (χ3n) is 17.4. The molecule has 0 atom stereocenters. The Kier molecular flexibility index (Phi) is 63.7. The van der Waals surface area contributed by atoms with Crippen molar-refractivity contribution in [1.29, 1.82) is 0 Å². The van der Waals surface area contributed by atoms with Crippen molar-refractivity contribution in [2.45, 2.75) is 374 Å². The molecule has 0 aliphatic heterocycles. The Balaban J connectivity index is 5.30. The van der Waals surface area contributed by atoms with Crippen molar-refractivity contribution in [3.05, 3.63) is 12.2 Å². The summed E-state index contributed by atoms with van der Waals surface area (Å²) >= 11 is 0. The first-order valence-electron chi connectivity index (χ1n) is 37.4. The van der Waals surface area contributed by atoms with Crippen LogP contribution in [0.1, 0.15) is 362 Å². The maximum absolute atomic E-state index is 13.1. The Morgan fingerprint density at radius 2 is 0.534 bits per heavy atom. The summed E-state index contributed by atoms with van der Waals surface area (Å²) in [5.41, 5.74) is 0. The lowest BCUT2D eigenvalue weighted by molar-refractivity contribution is -0.151. The van der Waals surface area contributed by atoms with Gasteiger partial charge < -0.3 is 40.1 Å². The zero-order valence-electron chi connectivity index (χ0n) is 57.8. The molecule has 0 aromatic heterocycles. The number of nitrogens with one attached hydrogen (secondary N) is 2. The summed E-state index contributed by atoms with van der Waals surface area (Å²) in [6.45, 7) is 15.0. The number of carboxylic acids is 2. The number of carbonyl (C=O) groups is 6. The number of amides is 2. The molecular formula is C74H140N4O10. The fraction of sp³-hybridized carbons (Fsp3) is 0.892. The number of nitrogens with zero attached hydrogens (tertiary/aromatic N) is 2. The first-order valence-corrected chi connectivity index (χ1v) is 37.4. The molecule has 88 heavy (non-hydrogen) atoms. The van der Waals surface area contributed by atoms with E-state index in [2.05, 4.69) is 48.1 Å². The first kappa shape index (κ1) is 84.5. The average molecular weight is 1250 g/mol. The quantitative estimate of drug-likeness (QED) is 0.0256. The zero-order valence-corrected chi connectivity index (χ0v) is 57.8. The normalized spacial score (nSPS) is 11.7. The Labute approximate surface area is 540 Å². The number of rotatable bonds is 70.